The van der Waals surface area contributed by atoms with Crippen molar-refractivity contribution in [3.05, 3.63) is 42.5 Å². The predicted octanol–water partition coefficient (Wildman–Crippen LogP) is 1.48. The second-order valence-electron chi connectivity index (χ2n) is 6.46. The molecule has 25 heavy (non-hydrogen) atoms. The zero-order chi connectivity index (χ0) is 17.2. The van der Waals surface area contributed by atoms with Crippen molar-refractivity contribution in [3.8, 4) is 0 Å². The summed E-state index contributed by atoms with van der Waals surface area (Å²) in [7, 11) is 0. The van der Waals surface area contributed by atoms with Crippen LogP contribution in [0.4, 0.5) is 5.69 Å². The molecule has 2 aliphatic heterocycles. The molecule has 0 N–H and O–H groups in total. The summed E-state index contributed by atoms with van der Waals surface area (Å²) in [6, 6.07) is 9.82. The highest BCUT2D eigenvalue weighted by molar-refractivity contribution is 5.99. The Labute approximate surface area is 147 Å². The summed E-state index contributed by atoms with van der Waals surface area (Å²) < 4.78 is 7.91. The lowest BCUT2D eigenvalue weighted by atomic mass is 10.1. The van der Waals surface area contributed by atoms with Gasteiger partial charge < -0.3 is 14.2 Å². The molecule has 7 heteroatoms. The molecule has 0 unspecified atom stereocenters. The Morgan fingerprint density at radius 3 is 2.88 bits per heavy atom. The third-order valence-corrected chi connectivity index (χ3v) is 5.06. The van der Waals surface area contributed by atoms with Crippen LogP contribution in [0.25, 0.3) is 0 Å². The van der Waals surface area contributed by atoms with Gasteiger partial charge in [0.25, 0.3) is 0 Å². The molecule has 1 amide bonds. The minimum Gasteiger partial charge on any atom is -0.368 e. The smallest absolute Gasteiger partial charge is 0.244 e. The van der Waals surface area contributed by atoms with Crippen LogP contribution in [0.1, 0.15) is 25.3 Å². The summed E-state index contributed by atoms with van der Waals surface area (Å²) in [6.07, 6.45) is 2.45. The first kappa shape index (κ1) is 16.2. The third kappa shape index (κ3) is 3.05. The Bertz CT molecular complexity index is 732. The van der Waals surface area contributed by atoms with Crippen LogP contribution in [0, 0.1) is 0 Å². The molecule has 2 fully saturated rings. The first-order valence-corrected chi connectivity index (χ1v) is 8.87. The average molecular weight is 341 g/mol. The molecule has 0 radical (unpaired) electrons. The van der Waals surface area contributed by atoms with Gasteiger partial charge in [0, 0.05) is 31.9 Å². The zero-order valence-electron chi connectivity index (χ0n) is 14.4. The van der Waals surface area contributed by atoms with E-state index < -0.39 is 0 Å². The standard InChI is InChI=1S/C18H23N5O2/c1-2-21-13-19-20-17(21)16-12-22(10-11-25-16)15-8-9-23(18(15)24)14-6-4-3-5-7-14/h3-7,13,15-16H,2,8-12H2,1H3/t15-,16+/m1/s1. The number of aromatic nitrogens is 3. The molecular formula is C18H23N5O2. The molecule has 2 aromatic rings. The monoisotopic (exact) mass is 341 g/mol. The Kier molecular flexibility index (Phi) is 4.50. The van der Waals surface area contributed by atoms with Crippen LogP contribution in [0.15, 0.2) is 36.7 Å². The number of aryl methyl sites for hydroxylation is 1. The highest BCUT2D eigenvalue weighted by Gasteiger charge is 2.39. The van der Waals surface area contributed by atoms with Crippen LogP contribution in [-0.2, 0) is 16.1 Å². The first-order valence-electron chi connectivity index (χ1n) is 8.87. The molecule has 0 aliphatic carbocycles. The van der Waals surface area contributed by atoms with Crippen molar-refractivity contribution < 1.29 is 9.53 Å². The molecule has 2 saturated heterocycles. The lowest BCUT2D eigenvalue weighted by molar-refractivity contribution is -0.125. The zero-order valence-corrected chi connectivity index (χ0v) is 14.4. The molecule has 7 nitrogen and oxygen atoms in total. The van der Waals surface area contributed by atoms with Crippen LogP contribution in [0.3, 0.4) is 0 Å². The number of anilines is 1. The molecule has 2 aliphatic rings. The lowest BCUT2D eigenvalue weighted by Crippen LogP contribution is -2.48. The van der Waals surface area contributed by atoms with Gasteiger partial charge in [0.15, 0.2) is 5.82 Å². The number of rotatable bonds is 4. The summed E-state index contributed by atoms with van der Waals surface area (Å²) in [5.41, 5.74) is 0.977. The van der Waals surface area contributed by atoms with Crippen molar-refractivity contribution in [1.29, 1.82) is 0 Å². The summed E-state index contributed by atoms with van der Waals surface area (Å²) in [5.74, 6) is 1.03. The summed E-state index contributed by atoms with van der Waals surface area (Å²) in [5, 5.41) is 8.22. The van der Waals surface area contributed by atoms with E-state index in [1.54, 1.807) is 6.33 Å². The van der Waals surface area contributed by atoms with Gasteiger partial charge in [-0.1, -0.05) is 18.2 Å². The summed E-state index contributed by atoms with van der Waals surface area (Å²) in [6.45, 7) is 5.70. The van der Waals surface area contributed by atoms with Gasteiger partial charge in [0.2, 0.25) is 5.91 Å². The van der Waals surface area contributed by atoms with Gasteiger partial charge in [-0.05, 0) is 25.5 Å². The highest BCUT2D eigenvalue weighted by Crippen LogP contribution is 2.28. The van der Waals surface area contributed by atoms with E-state index in [4.69, 9.17) is 4.74 Å². The molecule has 0 saturated carbocycles. The average Bonchev–Trinajstić information content (AvgIpc) is 3.29. The highest BCUT2D eigenvalue weighted by atomic mass is 16.5. The van der Waals surface area contributed by atoms with E-state index in [0.29, 0.717) is 13.2 Å². The van der Waals surface area contributed by atoms with Gasteiger partial charge in [-0.15, -0.1) is 10.2 Å². The minimum atomic E-state index is -0.130. The third-order valence-electron chi connectivity index (χ3n) is 5.06. The second-order valence-corrected chi connectivity index (χ2v) is 6.46. The number of morpholine rings is 1. The molecule has 1 aromatic heterocycles. The lowest BCUT2D eigenvalue weighted by Gasteiger charge is -2.35. The largest absolute Gasteiger partial charge is 0.368 e. The fraction of sp³-hybridized carbons (Fsp3) is 0.500. The Morgan fingerprint density at radius 2 is 2.08 bits per heavy atom. The van der Waals surface area contributed by atoms with Crippen LogP contribution in [-0.4, -0.2) is 57.9 Å². The first-order chi connectivity index (χ1) is 12.3. The maximum absolute atomic E-state index is 12.9. The van der Waals surface area contributed by atoms with Crippen molar-refractivity contribution in [2.24, 2.45) is 0 Å². The van der Waals surface area contributed by atoms with E-state index in [1.807, 2.05) is 39.8 Å². The van der Waals surface area contributed by atoms with E-state index in [1.165, 1.54) is 0 Å². The maximum atomic E-state index is 12.9. The topological polar surface area (TPSA) is 63.5 Å². The number of hydrogen-bond donors (Lipinski definition) is 0. The van der Waals surface area contributed by atoms with E-state index in [9.17, 15) is 4.79 Å². The number of nitrogens with zero attached hydrogens (tertiary/aromatic N) is 5. The molecule has 1 aromatic carbocycles. The minimum absolute atomic E-state index is 0.0791. The number of benzene rings is 1. The fourth-order valence-electron chi connectivity index (χ4n) is 3.73. The quantitative estimate of drug-likeness (QED) is 0.843. The summed E-state index contributed by atoms with van der Waals surface area (Å²) >= 11 is 0. The molecule has 3 heterocycles. The number of ether oxygens (including phenoxy) is 1. The fourth-order valence-corrected chi connectivity index (χ4v) is 3.73. The Hall–Kier alpha value is -2.25. The van der Waals surface area contributed by atoms with E-state index >= 15 is 0 Å². The van der Waals surface area contributed by atoms with Crippen LogP contribution >= 0.6 is 0 Å². The van der Waals surface area contributed by atoms with Crippen molar-refractivity contribution in [2.45, 2.75) is 32.0 Å². The molecule has 4 rings (SSSR count). The SMILES string of the molecule is CCn1cnnc1[C@@H]1CN([C@@H]2CCN(c3ccccc3)C2=O)CCO1. The van der Waals surface area contributed by atoms with Gasteiger partial charge in [-0.2, -0.15) is 0 Å². The van der Waals surface area contributed by atoms with Crippen molar-refractivity contribution in [1.82, 2.24) is 19.7 Å². The van der Waals surface area contributed by atoms with Crippen molar-refractivity contribution in [3.63, 3.8) is 0 Å². The second kappa shape index (κ2) is 6.93. The Balaban J connectivity index is 1.48. The summed E-state index contributed by atoms with van der Waals surface area (Å²) in [4.78, 5) is 17.1. The van der Waals surface area contributed by atoms with Crippen LogP contribution in [0.5, 0.6) is 0 Å². The Morgan fingerprint density at radius 1 is 1.24 bits per heavy atom. The normalized spacial score (nSPS) is 24.8. The van der Waals surface area contributed by atoms with E-state index in [2.05, 4.69) is 22.0 Å². The van der Waals surface area contributed by atoms with Crippen molar-refractivity contribution >= 4 is 11.6 Å². The van der Waals surface area contributed by atoms with Crippen LogP contribution in [0.2, 0.25) is 0 Å². The number of para-hydroxylation sites is 1. The van der Waals surface area contributed by atoms with Gasteiger partial charge in [0.05, 0.1) is 12.6 Å². The predicted molar refractivity (Wildman–Crippen MR) is 93.2 cm³/mol. The van der Waals surface area contributed by atoms with Crippen molar-refractivity contribution in [2.75, 3.05) is 31.1 Å². The maximum Gasteiger partial charge on any atom is 0.244 e. The van der Waals surface area contributed by atoms with Crippen LogP contribution < -0.4 is 4.90 Å². The molecule has 2 atom stereocenters. The molecule has 0 spiro atoms. The number of hydrogen-bond acceptors (Lipinski definition) is 5. The van der Waals surface area contributed by atoms with Gasteiger partial charge >= 0.3 is 0 Å². The molecule has 0 bridgehead atoms. The van der Waals surface area contributed by atoms with Gasteiger partial charge in [-0.25, -0.2) is 0 Å². The number of amides is 1. The van der Waals surface area contributed by atoms with Gasteiger partial charge in [0.1, 0.15) is 12.4 Å². The molecule has 132 valence electrons. The van der Waals surface area contributed by atoms with E-state index in [0.717, 1.165) is 37.6 Å². The van der Waals surface area contributed by atoms with Gasteiger partial charge in [-0.3, -0.25) is 9.69 Å². The van der Waals surface area contributed by atoms with E-state index in [-0.39, 0.29) is 18.1 Å². The number of carbonyl (C=O) groups excluding carboxylic acids is 1. The molecular weight excluding hydrogens is 318 g/mol. The number of carbonyl (C=O) groups is 1.